The smallest absolute Gasteiger partial charge is 0.0406 e. The first-order valence-corrected chi connectivity index (χ1v) is 7.52. The van der Waals surface area contributed by atoms with Crippen LogP contribution in [0.15, 0.2) is 41.3 Å². The maximum absolute atomic E-state index is 5.83. The van der Waals surface area contributed by atoms with E-state index in [1.807, 2.05) is 23.9 Å². The van der Waals surface area contributed by atoms with Crippen molar-refractivity contribution in [2.45, 2.75) is 37.5 Å². The number of halogens is 1. The Morgan fingerprint density at radius 1 is 1.11 bits per heavy atom. The van der Waals surface area contributed by atoms with Gasteiger partial charge in [-0.2, -0.15) is 0 Å². The molecule has 0 fully saturated rings. The van der Waals surface area contributed by atoms with Gasteiger partial charge in [0.05, 0.1) is 0 Å². The highest BCUT2D eigenvalue weighted by molar-refractivity contribution is 7.99. The molecule has 1 aromatic carbocycles. The Morgan fingerprint density at radius 3 is 2.39 bits per heavy atom. The van der Waals surface area contributed by atoms with E-state index in [-0.39, 0.29) is 0 Å². The Bertz CT molecular complexity index is 338. The molecule has 0 unspecified atom stereocenters. The number of hydrogen-bond acceptors (Lipinski definition) is 1. The van der Waals surface area contributed by atoms with Crippen molar-refractivity contribution < 1.29 is 0 Å². The molecule has 0 nitrogen and oxygen atoms in total. The van der Waals surface area contributed by atoms with Gasteiger partial charge in [-0.05, 0) is 56.2 Å². The summed E-state index contributed by atoms with van der Waals surface area (Å²) >= 11 is 7.74. The van der Waals surface area contributed by atoms with Gasteiger partial charge in [0.25, 0.3) is 0 Å². The number of benzene rings is 1. The Balaban J connectivity index is 0.00000137. The molecule has 1 rings (SSSR count). The molecule has 0 aliphatic carbocycles. The van der Waals surface area contributed by atoms with Gasteiger partial charge in [-0.25, -0.2) is 0 Å². The Hall–Kier alpha value is -0.840. The van der Waals surface area contributed by atoms with Crippen LogP contribution in [0.3, 0.4) is 0 Å². The fourth-order valence-electron chi connectivity index (χ4n) is 1.43. The van der Waals surface area contributed by atoms with Crippen molar-refractivity contribution in [2.24, 2.45) is 0 Å². The van der Waals surface area contributed by atoms with E-state index in [0.717, 1.165) is 5.02 Å². The molecule has 0 spiro atoms. The minimum atomic E-state index is 0.815. The Morgan fingerprint density at radius 2 is 1.78 bits per heavy atom. The van der Waals surface area contributed by atoms with E-state index in [2.05, 4.69) is 44.1 Å². The van der Waals surface area contributed by atoms with Gasteiger partial charge < -0.3 is 0 Å². The van der Waals surface area contributed by atoms with Crippen molar-refractivity contribution in [1.29, 1.82) is 0 Å². The molecule has 0 atom stereocenters. The molecule has 0 aliphatic rings. The second-order valence-electron chi connectivity index (χ2n) is 3.72. The monoisotopic (exact) mass is 280 g/mol. The van der Waals surface area contributed by atoms with E-state index in [0.29, 0.717) is 0 Å². The predicted molar refractivity (Wildman–Crippen MR) is 85.3 cm³/mol. The van der Waals surface area contributed by atoms with E-state index in [1.165, 1.54) is 36.3 Å². The van der Waals surface area contributed by atoms with Crippen molar-refractivity contribution in [3.63, 3.8) is 0 Å². The van der Waals surface area contributed by atoms with Crippen molar-refractivity contribution in [3.8, 4) is 12.8 Å². The zero-order chi connectivity index (χ0) is 13.6. The number of terminal acetylenes is 1. The summed E-state index contributed by atoms with van der Waals surface area (Å²) in [6.45, 7) is 2.08. The predicted octanol–water partition coefficient (Wildman–Crippen LogP) is 5.82. The van der Waals surface area contributed by atoms with E-state index < -0.39 is 0 Å². The second kappa shape index (κ2) is 12.6. The lowest BCUT2D eigenvalue weighted by molar-refractivity contribution is 0.734. The molecule has 98 valence electrons. The van der Waals surface area contributed by atoms with Crippen molar-refractivity contribution >= 4 is 23.4 Å². The molecule has 0 aliphatic heterocycles. The van der Waals surface area contributed by atoms with Crippen LogP contribution in [-0.4, -0.2) is 5.75 Å². The minimum Gasteiger partial charge on any atom is -0.126 e. The average Bonchev–Trinajstić information content (AvgIpc) is 2.42. The summed E-state index contributed by atoms with van der Waals surface area (Å²) < 4.78 is 0. The molecule has 0 radical (unpaired) electrons. The van der Waals surface area contributed by atoms with Gasteiger partial charge in [0.15, 0.2) is 0 Å². The van der Waals surface area contributed by atoms with E-state index in [9.17, 15) is 0 Å². The average molecular weight is 281 g/mol. The zero-order valence-corrected chi connectivity index (χ0v) is 12.5. The van der Waals surface area contributed by atoms with Crippen LogP contribution in [0.1, 0.15) is 32.6 Å². The molecule has 0 saturated carbocycles. The molecular weight excluding hydrogens is 260 g/mol. The fourth-order valence-corrected chi connectivity index (χ4v) is 2.47. The van der Waals surface area contributed by atoms with Crippen LogP contribution in [0, 0.1) is 12.8 Å². The third-order valence-corrected chi connectivity index (χ3v) is 3.68. The first-order chi connectivity index (χ1) is 8.83. The van der Waals surface area contributed by atoms with Crippen LogP contribution in [0.5, 0.6) is 0 Å². The molecular formula is C16H21ClS. The third kappa shape index (κ3) is 9.22. The van der Waals surface area contributed by atoms with Gasteiger partial charge in [-0.15, -0.1) is 24.6 Å². The van der Waals surface area contributed by atoms with Crippen LogP contribution in [0.25, 0.3) is 0 Å². The van der Waals surface area contributed by atoms with Crippen molar-refractivity contribution in [1.82, 2.24) is 0 Å². The van der Waals surface area contributed by atoms with Gasteiger partial charge in [0.2, 0.25) is 0 Å². The first-order valence-electron chi connectivity index (χ1n) is 6.16. The fraction of sp³-hybridized carbons (Fsp3) is 0.375. The second-order valence-corrected chi connectivity index (χ2v) is 5.33. The van der Waals surface area contributed by atoms with Gasteiger partial charge in [0, 0.05) is 9.92 Å². The van der Waals surface area contributed by atoms with Gasteiger partial charge in [0.1, 0.15) is 0 Å². The summed E-state index contributed by atoms with van der Waals surface area (Å²) in [4.78, 5) is 1.32. The molecule has 0 heterocycles. The van der Waals surface area contributed by atoms with Crippen LogP contribution >= 0.6 is 23.4 Å². The highest BCUT2D eigenvalue weighted by Crippen LogP contribution is 2.21. The molecule has 0 saturated heterocycles. The summed E-state index contributed by atoms with van der Waals surface area (Å²) in [7, 11) is 0. The minimum absolute atomic E-state index is 0.815. The van der Waals surface area contributed by atoms with Crippen LogP contribution < -0.4 is 0 Å². The highest BCUT2D eigenvalue weighted by Gasteiger charge is 1.94. The number of allylic oxidation sites excluding steroid dienone is 2. The third-order valence-electron chi connectivity index (χ3n) is 2.33. The Kier molecular flexibility index (Phi) is 12.0. The zero-order valence-electron chi connectivity index (χ0n) is 10.9. The quantitative estimate of drug-likeness (QED) is 0.262. The van der Waals surface area contributed by atoms with Gasteiger partial charge in [-0.1, -0.05) is 30.2 Å². The maximum Gasteiger partial charge on any atom is 0.0406 e. The Labute approximate surface area is 121 Å². The summed E-state index contributed by atoms with van der Waals surface area (Å²) in [5.74, 6) is 1.21. The van der Waals surface area contributed by atoms with Crippen LogP contribution in [-0.2, 0) is 0 Å². The van der Waals surface area contributed by atoms with Gasteiger partial charge >= 0.3 is 0 Å². The molecule has 2 heteroatoms. The van der Waals surface area contributed by atoms with E-state index in [4.69, 9.17) is 11.6 Å². The largest absolute Gasteiger partial charge is 0.126 e. The summed E-state index contributed by atoms with van der Waals surface area (Å²) in [6.07, 6.45) is 17.5. The van der Waals surface area contributed by atoms with Crippen LogP contribution in [0.2, 0.25) is 5.02 Å². The number of unbranched alkanes of at least 4 members (excludes halogenated alkanes) is 3. The standard InChI is InChI=1S/C14H19ClS.C2H2/c1-2-3-4-5-6-7-12-16-14-10-8-13(15)9-11-14;1-2/h2-3,8-11H,4-7,12H2,1H3;1-2H/b3-2+;. The van der Waals surface area contributed by atoms with Crippen molar-refractivity contribution in [2.75, 3.05) is 5.75 Å². The number of thioether (sulfide) groups is 1. The maximum atomic E-state index is 5.83. The topological polar surface area (TPSA) is 0 Å². The SMILES string of the molecule is C#C.C/C=C/CCCCCSc1ccc(Cl)cc1. The molecule has 0 N–H and O–H groups in total. The van der Waals surface area contributed by atoms with E-state index in [1.54, 1.807) is 0 Å². The number of hydrogen-bond donors (Lipinski definition) is 0. The molecule has 0 bridgehead atoms. The highest BCUT2D eigenvalue weighted by atomic mass is 35.5. The number of rotatable bonds is 7. The van der Waals surface area contributed by atoms with Crippen molar-refractivity contribution in [3.05, 3.63) is 41.4 Å². The molecule has 0 amide bonds. The lowest BCUT2D eigenvalue weighted by Crippen LogP contribution is -1.81. The summed E-state index contributed by atoms with van der Waals surface area (Å²) in [5, 5.41) is 0.815. The van der Waals surface area contributed by atoms with Gasteiger partial charge in [-0.3, -0.25) is 0 Å². The first kappa shape index (κ1) is 17.2. The summed E-state index contributed by atoms with van der Waals surface area (Å²) in [5.41, 5.74) is 0. The lowest BCUT2D eigenvalue weighted by atomic mass is 10.2. The summed E-state index contributed by atoms with van der Waals surface area (Å²) in [6, 6.07) is 8.09. The molecule has 1 aromatic rings. The van der Waals surface area contributed by atoms with Crippen LogP contribution in [0.4, 0.5) is 0 Å². The normalized spacial score (nSPS) is 10.0. The molecule has 0 aromatic heterocycles. The molecule has 18 heavy (non-hydrogen) atoms. The lowest BCUT2D eigenvalue weighted by Gasteiger charge is -2.01. The van der Waals surface area contributed by atoms with E-state index >= 15 is 0 Å².